The number of unbranched alkanes of at least 4 members (excludes halogenated alkanes) is 2. The molecule has 218 valence electrons. The second kappa shape index (κ2) is 14.2. The Labute approximate surface area is 230 Å². The number of likely N-dealkylation sites (tertiary alicyclic amines) is 1. The minimum atomic E-state index is -5.28. The van der Waals surface area contributed by atoms with Gasteiger partial charge in [0.2, 0.25) is 5.91 Å². The zero-order valence-electron chi connectivity index (χ0n) is 22.7. The largest absolute Gasteiger partial charge is 0.491 e. The molecule has 0 radical (unpaired) electrons. The average molecular weight is 566 g/mol. The van der Waals surface area contributed by atoms with Gasteiger partial charge in [-0.1, -0.05) is 31.9 Å². The molecule has 2 aromatic rings. The van der Waals surface area contributed by atoms with E-state index in [2.05, 4.69) is 24.9 Å². The summed E-state index contributed by atoms with van der Waals surface area (Å²) in [5, 5.41) is 3.15. The molecule has 1 aliphatic rings. The Kier molecular flexibility index (Phi) is 11.0. The van der Waals surface area contributed by atoms with E-state index < -0.39 is 18.1 Å². The summed E-state index contributed by atoms with van der Waals surface area (Å²) in [4.78, 5) is 56.4. The molecule has 1 aliphatic heterocycles. The molecule has 0 saturated carbocycles. The quantitative estimate of drug-likeness (QED) is 0.226. The minimum Gasteiger partial charge on any atom is -0.383 e. The summed E-state index contributed by atoms with van der Waals surface area (Å²) < 4.78 is 41.4. The van der Waals surface area contributed by atoms with Gasteiger partial charge in [-0.25, -0.2) is 19.6 Å². The number of imidazole rings is 1. The fraction of sp³-hybridized carbons (Fsp3) is 0.536. The van der Waals surface area contributed by atoms with Gasteiger partial charge in [0.15, 0.2) is 5.69 Å². The number of aromatic amines is 2. The number of nitrogens with one attached hydrogen (secondary N) is 3. The van der Waals surface area contributed by atoms with Crippen LogP contribution in [0.25, 0.3) is 11.3 Å². The SMILES string of the molecule is CCC(=O)CCCCC[C@H](NC(=O)C1CCN(C)CC1)c1[nH]c(-c2cccc(C(=O)OC(=O)C(F)(F)F)c2)c[nH+]1. The molecule has 40 heavy (non-hydrogen) atoms. The number of alkyl halides is 3. The third kappa shape index (κ3) is 9.00. The average Bonchev–Trinajstić information content (AvgIpc) is 3.42. The molecule has 3 N–H and O–H groups in total. The fourth-order valence-electron chi connectivity index (χ4n) is 4.60. The standard InChI is InChI=1S/C28H35F3N4O5/c1-3-21(36)10-5-4-6-11-22(34-25(37)18-12-14-35(2)15-13-18)24-32-17-23(33-24)19-8-7-9-20(16-19)26(38)40-27(39)28(29,30)31/h7-9,16-18,22H,3-6,10-15H2,1-2H3,(H,32,33)(H,34,37)/p+1/t22-/m0/s1. The van der Waals surface area contributed by atoms with Crippen molar-refractivity contribution in [2.45, 2.75) is 70.5 Å². The van der Waals surface area contributed by atoms with Crippen LogP contribution in [0.5, 0.6) is 0 Å². The third-order valence-electron chi connectivity index (χ3n) is 7.06. The maximum atomic E-state index is 13.1. The van der Waals surface area contributed by atoms with Crippen LogP contribution < -0.4 is 10.3 Å². The number of Topliss-reactive ketones (excluding diaryl/α,β-unsaturated/α-hetero) is 1. The van der Waals surface area contributed by atoms with Crippen LogP contribution in [0, 0.1) is 5.92 Å². The molecule has 0 aliphatic carbocycles. The van der Waals surface area contributed by atoms with E-state index in [-0.39, 0.29) is 29.2 Å². The minimum absolute atomic E-state index is 0.0251. The first-order valence-corrected chi connectivity index (χ1v) is 13.5. The number of esters is 2. The van der Waals surface area contributed by atoms with E-state index in [0.29, 0.717) is 36.3 Å². The zero-order chi connectivity index (χ0) is 29.3. The molecule has 12 heteroatoms. The lowest BCUT2D eigenvalue weighted by Gasteiger charge is -2.28. The Hall–Kier alpha value is -3.54. The highest BCUT2D eigenvalue weighted by molar-refractivity contribution is 5.98. The number of ether oxygens (including phenoxy) is 1. The molecule has 1 aromatic carbocycles. The monoisotopic (exact) mass is 565 g/mol. The van der Waals surface area contributed by atoms with E-state index in [0.717, 1.165) is 45.2 Å². The van der Waals surface area contributed by atoms with Crippen LogP contribution in [0.1, 0.15) is 80.5 Å². The number of hydrogen-bond donors (Lipinski definition) is 2. The first kappa shape index (κ1) is 31.0. The van der Waals surface area contributed by atoms with Crippen molar-refractivity contribution in [3.8, 4) is 11.3 Å². The molecule has 0 bridgehead atoms. The summed E-state index contributed by atoms with van der Waals surface area (Å²) in [7, 11) is 2.03. The van der Waals surface area contributed by atoms with Crippen LogP contribution in [0.15, 0.2) is 30.5 Å². The Balaban J connectivity index is 1.72. The highest BCUT2D eigenvalue weighted by atomic mass is 19.4. The Morgan fingerprint density at radius 1 is 1.15 bits per heavy atom. The van der Waals surface area contributed by atoms with Gasteiger partial charge in [-0.3, -0.25) is 9.59 Å². The van der Waals surface area contributed by atoms with Gasteiger partial charge in [-0.2, -0.15) is 13.2 Å². The molecule has 1 atom stereocenters. The Bertz CT molecular complexity index is 1190. The summed E-state index contributed by atoms with van der Waals surface area (Å²) in [5.41, 5.74) is 0.772. The van der Waals surface area contributed by atoms with E-state index in [9.17, 15) is 32.3 Å². The van der Waals surface area contributed by atoms with E-state index in [1.165, 1.54) is 18.2 Å². The van der Waals surface area contributed by atoms with Crippen LogP contribution in [-0.4, -0.2) is 59.8 Å². The smallest absolute Gasteiger partial charge is 0.383 e. The number of carbonyl (C=O) groups excluding carboxylic acids is 4. The number of aromatic nitrogens is 2. The molecular formula is C28H36F3N4O5+. The van der Waals surface area contributed by atoms with Gasteiger partial charge in [-0.05, 0) is 58.0 Å². The first-order chi connectivity index (χ1) is 19.0. The highest BCUT2D eigenvalue weighted by Gasteiger charge is 2.42. The predicted molar refractivity (Wildman–Crippen MR) is 139 cm³/mol. The molecular weight excluding hydrogens is 529 g/mol. The number of rotatable bonds is 12. The highest BCUT2D eigenvalue weighted by Crippen LogP contribution is 2.24. The number of amides is 1. The van der Waals surface area contributed by atoms with Crippen molar-refractivity contribution >= 4 is 23.6 Å². The summed E-state index contributed by atoms with van der Waals surface area (Å²) in [6, 6.07) is 5.30. The van der Waals surface area contributed by atoms with Gasteiger partial charge in [0.1, 0.15) is 18.0 Å². The molecule has 3 rings (SSSR count). The molecule has 0 spiro atoms. The lowest BCUT2D eigenvalue weighted by atomic mass is 9.95. The number of nitrogens with zero attached hydrogens (tertiary/aromatic N) is 1. The van der Waals surface area contributed by atoms with Crippen molar-refractivity contribution in [2.24, 2.45) is 5.92 Å². The first-order valence-electron chi connectivity index (χ1n) is 13.5. The zero-order valence-corrected chi connectivity index (χ0v) is 22.7. The van der Waals surface area contributed by atoms with Crippen LogP contribution >= 0.6 is 0 Å². The topological polar surface area (TPSA) is 123 Å². The van der Waals surface area contributed by atoms with Gasteiger partial charge >= 0.3 is 18.1 Å². The van der Waals surface area contributed by atoms with Gasteiger partial charge < -0.3 is 15.0 Å². The summed E-state index contributed by atoms with van der Waals surface area (Å²) in [5.74, 6) is -3.25. The number of ketones is 1. The van der Waals surface area contributed by atoms with E-state index >= 15 is 0 Å². The lowest BCUT2D eigenvalue weighted by molar-refractivity contribution is -0.391. The van der Waals surface area contributed by atoms with Crippen molar-refractivity contribution in [1.82, 2.24) is 15.2 Å². The third-order valence-corrected chi connectivity index (χ3v) is 7.06. The normalized spacial score (nSPS) is 15.4. The summed E-state index contributed by atoms with van der Waals surface area (Å²) >= 11 is 0. The second-order valence-electron chi connectivity index (χ2n) is 10.1. The van der Waals surface area contributed by atoms with E-state index in [4.69, 9.17) is 0 Å². The Morgan fingerprint density at radius 2 is 1.88 bits per heavy atom. The molecule has 1 amide bonds. The second-order valence-corrected chi connectivity index (χ2v) is 10.1. The number of H-pyrrole nitrogens is 2. The van der Waals surface area contributed by atoms with Crippen molar-refractivity contribution in [3.63, 3.8) is 0 Å². The van der Waals surface area contributed by atoms with Crippen LogP contribution in [-0.2, 0) is 19.1 Å². The van der Waals surface area contributed by atoms with Crippen molar-refractivity contribution < 1.29 is 42.1 Å². The number of benzene rings is 1. The number of piperidine rings is 1. The maximum absolute atomic E-state index is 13.1. The van der Waals surface area contributed by atoms with E-state index in [1.807, 2.05) is 14.0 Å². The van der Waals surface area contributed by atoms with Gasteiger partial charge in [0.25, 0.3) is 5.82 Å². The lowest BCUT2D eigenvalue weighted by Crippen LogP contribution is -2.41. The van der Waals surface area contributed by atoms with Crippen LogP contribution in [0.3, 0.4) is 0 Å². The molecule has 1 aromatic heterocycles. The van der Waals surface area contributed by atoms with Crippen LogP contribution in [0.2, 0.25) is 0 Å². The Morgan fingerprint density at radius 3 is 2.55 bits per heavy atom. The van der Waals surface area contributed by atoms with E-state index in [1.54, 1.807) is 12.3 Å². The summed E-state index contributed by atoms with van der Waals surface area (Å²) in [6.07, 6.45) is 1.98. The number of halogens is 3. The number of hydrogen-bond acceptors (Lipinski definition) is 6. The van der Waals surface area contributed by atoms with Crippen molar-refractivity contribution in [1.29, 1.82) is 0 Å². The van der Waals surface area contributed by atoms with Gasteiger partial charge in [0, 0.05) is 24.3 Å². The molecule has 1 fully saturated rings. The van der Waals surface area contributed by atoms with Gasteiger partial charge in [-0.15, -0.1) is 0 Å². The molecule has 0 unspecified atom stereocenters. The molecule has 2 heterocycles. The van der Waals surface area contributed by atoms with Crippen molar-refractivity contribution in [2.75, 3.05) is 20.1 Å². The van der Waals surface area contributed by atoms with Crippen molar-refractivity contribution in [3.05, 3.63) is 41.9 Å². The number of carbonyl (C=O) groups is 4. The van der Waals surface area contributed by atoms with Gasteiger partial charge in [0.05, 0.1) is 5.56 Å². The summed E-state index contributed by atoms with van der Waals surface area (Å²) in [6.45, 7) is 3.54. The fourth-order valence-corrected chi connectivity index (χ4v) is 4.60. The molecule has 9 nitrogen and oxygen atoms in total. The predicted octanol–water partition coefficient (Wildman–Crippen LogP) is 4.17. The van der Waals surface area contributed by atoms with Crippen LogP contribution in [0.4, 0.5) is 13.2 Å². The molecule has 1 saturated heterocycles. The maximum Gasteiger partial charge on any atom is 0.491 e.